The number of carboxylic acid groups (broad SMARTS) is 1. The zero-order chi connectivity index (χ0) is 18.8. The molecule has 1 aliphatic heterocycles. The van der Waals surface area contributed by atoms with E-state index in [0.717, 1.165) is 48.0 Å². The van der Waals surface area contributed by atoms with Gasteiger partial charge < -0.3 is 10.1 Å². The first-order valence-electron chi connectivity index (χ1n) is 8.80. The van der Waals surface area contributed by atoms with Crippen LogP contribution in [0.15, 0.2) is 27.8 Å². The number of piperidine rings is 1. The molecule has 1 aliphatic rings. The SMILES string of the molecule is Cc1cccc(-n2c(=O)[nH]c(C(=O)O)c(CN3CCCCC3)c2=O)c1C. The molecular weight excluding hydrogens is 334 g/mol. The molecule has 1 aromatic carbocycles. The molecule has 7 nitrogen and oxygen atoms in total. The number of nitrogens with one attached hydrogen (secondary N) is 1. The number of aromatic carboxylic acids is 1. The van der Waals surface area contributed by atoms with Crippen LogP contribution in [0.2, 0.25) is 0 Å². The molecule has 0 amide bonds. The molecule has 0 atom stereocenters. The van der Waals surface area contributed by atoms with Gasteiger partial charge in [-0.3, -0.25) is 9.69 Å². The molecule has 1 saturated heterocycles. The number of likely N-dealkylation sites (tertiary alicyclic amines) is 1. The predicted octanol–water partition coefficient (Wildman–Crippen LogP) is 1.83. The lowest BCUT2D eigenvalue weighted by Gasteiger charge is -2.26. The van der Waals surface area contributed by atoms with Crippen LogP contribution in [0.1, 0.15) is 46.4 Å². The van der Waals surface area contributed by atoms with Crippen molar-refractivity contribution in [1.29, 1.82) is 0 Å². The van der Waals surface area contributed by atoms with Crippen molar-refractivity contribution in [2.24, 2.45) is 0 Å². The zero-order valence-electron chi connectivity index (χ0n) is 15.0. The van der Waals surface area contributed by atoms with Gasteiger partial charge in [-0.1, -0.05) is 18.6 Å². The topological polar surface area (TPSA) is 95.4 Å². The maximum Gasteiger partial charge on any atom is 0.352 e. The zero-order valence-corrected chi connectivity index (χ0v) is 15.0. The summed E-state index contributed by atoms with van der Waals surface area (Å²) in [5.41, 5.74) is 0.759. The van der Waals surface area contributed by atoms with E-state index in [9.17, 15) is 19.5 Å². The Kier molecular flexibility index (Phi) is 5.08. The molecular formula is C19H23N3O4. The minimum Gasteiger partial charge on any atom is -0.477 e. The lowest BCUT2D eigenvalue weighted by atomic mass is 10.1. The fourth-order valence-corrected chi connectivity index (χ4v) is 3.44. The molecule has 0 saturated carbocycles. The Morgan fingerprint density at radius 2 is 1.85 bits per heavy atom. The van der Waals surface area contributed by atoms with Crippen molar-refractivity contribution in [2.75, 3.05) is 13.1 Å². The Balaban J connectivity index is 2.19. The van der Waals surface area contributed by atoms with Crippen LogP contribution >= 0.6 is 0 Å². The van der Waals surface area contributed by atoms with Crippen molar-refractivity contribution >= 4 is 5.97 Å². The van der Waals surface area contributed by atoms with Crippen LogP contribution in [0.4, 0.5) is 0 Å². The largest absolute Gasteiger partial charge is 0.477 e. The van der Waals surface area contributed by atoms with Crippen LogP contribution in [-0.4, -0.2) is 38.6 Å². The van der Waals surface area contributed by atoms with Crippen LogP contribution in [0.3, 0.4) is 0 Å². The van der Waals surface area contributed by atoms with Crippen molar-refractivity contribution in [3.63, 3.8) is 0 Å². The maximum absolute atomic E-state index is 13.1. The van der Waals surface area contributed by atoms with Gasteiger partial charge in [0.1, 0.15) is 5.69 Å². The van der Waals surface area contributed by atoms with Crippen molar-refractivity contribution in [3.8, 4) is 5.69 Å². The summed E-state index contributed by atoms with van der Waals surface area (Å²) in [5, 5.41) is 9.47. The third-order valence-corrected chi connectivity index (χ3v) is 5.06. The smallest absolute Gasteiger partial charge is 0.352 e. The van der Waals surface area contributed by atoms with E-state index < -0.39 is 17.2 Å². The third kappa shape index (κ3) is 3.35. The molecule has 2 aromatic rings. The maximum atomic E-state index is 13.1. The summed E-state index contributed by atoms with van der Waals surface area (Å²) >= 11 is 0. The number of benzene rings is 1. The summed E-state index contributed by atoms with van der Waals surface area (Å²) in [5.74, 6) is -1.29. The van der Waals surface area contributed by atoms with E-state index in [-0.39, 0.29) is 17.8 Å². The fraction of sp³-hybridized carbons (Fsp3) is 0.421. The molecule has 7 heteroatoms. The van der Waals surface area contributed by atoms with Gasteiger partial charge >= 0.3 is 11.7 Å². The molecule has 0 bridgehead atoms. The van der Waals surface area contributed by atoms with Gasteiger partial charge in [0, 0.05) is 6.54 Å². The van der Waals surface area contributed by atoms with Gasteiger partial charge in [0.05, 0.1) is 11.3 Å². The highest BCUT2D eigenvalue weighted by atomic mass is 16.4. The van der Waals surface area contributed by atoms with Crippen LogP contribution in [0, 0.1) is 13.8 Å². The molecule has 3 rings (SSSR count). The van der Waals surface area contributed by atoms with E-state index >= 15 is 0 Å². The number of rotatable bonds is 4. The highest BCUT2D eigenvalue weighted by Crippen LogP contribution is 2.16. The number of aromatic amines is 1. The number of hydrogen-bond acceptors (Lipinski definition) is 4. The van der Waals surface area contributed by atoms with Crippen molar-refractivity contribution in [2.45, 2.75) is 39.7 Å². The molecule has 2 heterocycles. The number of carboxylic acids is 1. The number of hydrogen-bond donors (Lipinski definition) is 2. The number of aryl methyl sites for hydroxylation is 1. The summed E-state index contributed by atoms with van der Waals surface area (Å²) in [4.78, 5) is 41.7. The first-order chi connectivity index (χ1) is 12.4. The Morgan fingerprint density at radius 3 is 2.50 bits per heavy atom. The van der Waals surface area contributed by atoms with E-state index in [0.29, 0.717) is 5.69 Å². The summed E-state index contributed by atoms with van der Waals surface area (Å²) < 4.78 is 1.05. The average Bonchev–Trinajstić information content (AvgIpc) is 2.61. The standard InChI is InChI=1S/C19H23N3O4/c1-12-7-6-8-15(13(12)2)22-17(23)14(11-21-9-4-3-5-10-21)16(18(24)25)20-19(22)26/h6-8H,3-5,9-11H2,1-2H3,(H,20,26)(H,24,25). The molecule has 0 unspecified atom stereocenters. The summed E-state index contributed by atoms with van der Waals surface area (Å²) in [6.45, 7) is 5.61. The lowest BCUT2D eigenvalue weighted by Crippen LogP contribution is -2.41. The van der Waals surface area contributed by atoms with Gasteiger partial charge in [0.2, 0.25) is 0 Å². The van der Waals surface area contributed by atoms with E-state index in [4.69, 9.17) is 0 Å². The van der Waals surface area contributed by atoms with Crippen LogP contribution in [0.25, 0.3) is 5.69 Å². The third-order valence-electron chi connectivity index (χ3n) is 5.06. The van der Waals surface area contributed by atoms with E-state index in [1.165, 1.54) is 0 Å². The molecule has 1 aromatic heterocycles. The Hall–Kier alpha value is -2.67. The number of nitrogens with zero attached hydrogens (tertiary/aromatic N) is 2. The molecule has 0 radical (unpaired) electrons. The van der Waals surface area contributed by atoms with Gasteiger partial charge in [0.15, 0.2) is 0 Å². The summed E-state index contributed by atoms with van der Waals surface area (Å²) in [7, 11) is 0. The van der Waals surface area contributed by atoms with Crippen molar-refractivity contribution < 1.29 is 9.90 Å². The predicted molar refractivity (Wildman–Crippen MR) is 98.2 cm³/mol. The second-order valence-electron chi connectivity index (χ2n) is 6.79. The van der Waals surface area contributed by atoms with E-state index in [2.05, 4.69) is 9.88 Å². The van der Waals surface area contributed by atoms with Gasteiger partial charge in [-0.05, 0) is 57.0 Å². The molecule has 0 aliphatic carbocycles. The van der Waals surface area contributed by atoms with Crippen molar-refractivity contribution in [1.82, 2.24) is 14.5 Å². The summed E-state index contributed by atoms with van der Waals surface area (Å²) in [6.07, 6.45) is 3.19. The van der Waals surface area contributed by atoms with E-state index in [1.54, 1.807) is 12.1 Å². The van der Waals surface area contributed by atoms with Gasteiger partial charge in [-0.2, -0.15) is 0 Å². The first-order valence-corrected chi connectivity index (χ1v) is 8.80. The molecule has 1 fully saturated rings. The summed E-state index contributed by atoms with van der Waals surface area (Å²) in [6, 6.07) is 5.38. The van der Waals surface area contributed by atoms with Crippen LogP contribution < -0.4 is 11.2 Å². The number of carbonyl (C=O) groups is 1. The monoisotopic (exact) mass is 357 g/mol. The van der Waals surface area contributed by atoms with E-state index in [1.807, 2.05) is 19.9 Å². The average molecular weight is 357 g/mol. The number of aromatic nitrogens is 2. The first kappa shape index (κ1) is 18.1. The normalized spacial score (nSPS) is 15.2. The lowest BCUT2D eigenvalue weighted by molar-refractivity contribution is 0.0686. The Morgan fingerprint density at radius 1 is 1.15 bits per heavy atom. The second-order valence-corrected chi connectivity index (χ2v) is 6.79. The van der Waals surface area contributed by atoms with Crippen molar-refractivity contribution in [3.05, 3.63) is 61.4 Å². The minimum atomic E-state index is -1.29. The fourth-order valence-electron chi connectivity index (χ4n) is 3.44. The quantitative estimate of drug-likeness (QED) is 0.870. The Labute approximate surface area is 150 Å². The van der Waals surface area contributed by atoms with Gasteiger partial charge in [-0.25, -0.2) is 14.2 Å². The number of H-pyrrole nitrogens is 1. The Bertz CT molecular complexity index is 952. The molecule has 2 N–H and O–H groups in total. The highest BCUT2D eigenvalue weighted by molar-refractivity contribution is 5.86. The van der Waals surface area contributed by atoms with Crippen LogP contribution in [-0.2, 0) is 6.54 Å². The van der Waals surface area contributed by atoms with Gasteiger partial charge in [0.25, 0.3) is 5.56 Å². The molecule has 138 valence electrons. The molecule has 0 spiro atoms. The molecule has 26 heavy (non-hydrogen) atoms. The van der Waals surface area contributed by atoms with Crippen LogP contribution in [0.5, 0.6) is 0 Å². The highest BCUT2D eigenvalue weighted by Gasteiger charge is 2.23. The second kappa shape index (κ2) is 7.29. The van der Waals surface area contributed by atoms with Gasteiger partial charge in [-0.15, -0.1) is 0 Å². The minimum absolute atomic E-state index is 0.125.